The second kappa shape index (κ2) is 5.42. The van der Waals surface area contributed by atoms with E-state index >= 15 is 0 Å². The zero-order chi connectivity index (χ0) is 12.1. The Morgan fingerprint density at radius 1 is 1.38 bits per heavy atom. The minimum atomic E-state index is -0.443. The summed E-state index contributed by atoms with van der Waals surface area (Å²) in [6, 6.07) is 7.06. The van der Waals surface area contributed by atoms with Gasteiger partial charge in [-0.1, -0.05) is 18.2 Å². The number of hydroxylamine groups is 2. The molecule has 0 fully saturated rings. The smallest absolute Gasteiger partial charge is 0.276 e. The van der Waals surface area contributed by atoms with Gasteiger partial charge < -0.3 is 0 Å². The van der Waals surface area contributed by atoms with Crippen molar-refractivity contribution in [2.45, 2.75) is 26.9 Å². The van der Waals surface area contributed by atoms with Gasteiger partial charge in [-0.15, -0.1) is 0 Å². The van der Waals surface area contributed by atoms with Crippen LogP contribution >= 0.6 is 0 Å². The summed E-state index contributed by atoms with van der Waals surface area (Å²) in [5.74, 6) is -0.443. The van der Waals surface area contributed by atoms with Crippen molar-refractivity contribution >= 4 is 12.3 Å². The first-order valence-electron chi connectivity index (χ1n) is 5.07. The lowest BCUT2D eigenvalue weighted by molar-refractivity contribution is -0.167. The van der Waals surface area contributed by atoms with Gasteiger partial charge in [-0.3, -0.25) is 14.4 Å². The average molecular weight is 221 g/mol. The Morgan fingerprint density at radius 3 is 2.50 bits per heavy atom. The Kier molecular flexibility index (Phi) is 4.19. The molecular weight excluding hydrogens is 206 g/mol. The monoisotopic (exact) mass is 221 g/mol. The molecule has 0 radical (unpaired) electrons. The fourth-order valence-electron chi connectivity index (χ4n) is 1.28. The molecule has 1 aromatic carbocycles. The molecule has 0 aliphatic carbocycles. The van der Waals surface area contributed by atoms with E-state index in [-0.39, 0.29) is 6.10 Å². The van der Waals surface area contributed by atoms with Crippen molar-refractivity contribution in [2.24, 2.45) is 0 Å². The fraction of sp³-hybridized carbons (Fsp3) is 0.333. The van der Waals surface area contributed by atoms with E-state index in [9.17, 15) is 9.59 Å². The third kappa shape index (κ3) is 2.90. The highest BCUT2D eigenvalue weighted by molar-refractivity contribution is 5.99. The Hall–Kier alpha value is -1.68. The maximum Gasteiger partial charge on any atom is 0.284 e. The molecule has 0 bridgehead atoms. The van der Waals surface area contributed by atoms with Gasteiger partial charge in [0, 0.05) is 5.56 Å². The minimum absolute atomic E-state index is 0.224. The lowest BCUT2D eigenvalue weighted by Crippen LogP contribution is -2.32. The molecule has 0 N–H and O–H groups in total. The van der Waals surface area contributed by atoms with Crippen molar-refractivity contribution in [2.75, 3.05) is 0 Å². The Morgan fingerprint density at radius 2 is 2.00 bits per heavy atom. The Bertz CT molecular complexity index is 388. The molecule has 0 saturated carbocycles. The normalized spacial score (nSPS) is 10.2. The second-order valence-electron chi connectivity index (χ2n) is 3.71. The molecule has 0 spiro atoms. The third-order valence-electron chi connectivity index (χ3n) is 2.00. The quantitative estimate of drug-likeness (QED) is 0.576. The van der Waals surface area contributed by atoms with E-state index in [4.69, 9.17) is 4.84 Å². The Balaban J connectivity index is 2.91. The summed E-state index contributed by atoms with van der Waals surface area (Å²) in [5.41, 5.74) is 1.28. The molecule has 0 aromatic heterocycles. The van der Waals surface area contributed by atoms with E-state index in [1.54, 1.807) is 26.0 Å². The van der Waals surface area contributed by atoms with Crippen LogP contribution < -0.4 is 0 Å². The summed E-state index contributed by atoms with van der Waals surface area (Å²) in [6.45, 7) is 5.31. The summed E-state index contributed by atoms with van der Waals surface area (Å²) in [7, 11) is 0. The van der Waals surface area contributed by atoms with Crippen molar-refractivity contribution in [3.63, 3.8) is 0 Å². The fourth-order valence-corrected chi connectivity index (χ4v) is 1.28. The van der Waals surface area contributed by atoms with Crippen LogP contribution in [0.4, 0.5) is 0 Å². The van der Waals surface area contributed by atoms with Gasteiger partial charge in [0.2, 0.25) is 6.41 Å². The van der Waals surface area contributed by atoms with Crippen LogP contribution in [0, 0.1) is 6.92 Å². The number of rotatable bonds is 4. The minimum Gasteiger partial charge on any atom is -0.276 e. The highest BCUT2D eigenvalue weighted by Crippen LogP contribution is 2.10. The van der Waals surface area contributed by atoms with Crippen LogP contribution in [0.3, 0.4) is 0 Å². The molecule has 0 unspecified atom stereocenters. The second-order valence-corrected chi connectivity index (χ2v) is 3.71. The Labute approximate surface area is 94.8 Å². The molecule has 0 atom stereocenters. The topological polar surface area (TPSA) is 46.6 Å². The third-order valence-corrected chi connectivity index (χ3v) is 2.00. The molecule has 4 nitrogen and oxygen atoms in total. The first-order valence-corrected chi connectivity index (χ1v) is 5.07. The first kappa shape index (κ1) is 12.4. The number of carbonyl (C=O) groups excluding carboxylic acids is 2. The number of imide groups is 1. The SMILES string of the molecule is Cc1ccccc1C(=O)N(C=O)OC(C)C. The standard InChI is InChI=1S/C12H15NO3/c1-9(2)16-13(8-14)12(15)11-7-5-4-6-10(11)3/h4-9H,1-3H3. The summed E-state index contributed by atoms with van der Waals surface area (Å²) < 4.78 is 0. The summed E-state index contributed by atoms with van der Waals surface area (Å²) in [5, 5.41) is 0.729. The summed E-state index contributed by atoms with van der Waals surface area (Å²) >= 11 is 0. The van der Waals surface area contributed by atoms with Crippen LogP contribution in [-0.4, -0.2) is 23.5 Å². The van der Waals surface area contributed by atoms with Crippen LogP contribution in [0.25, 0.3) is 0 Å². The van der Waals surface area contributed by atoms with Gasteiger partial charge in [0.25, 0.3) is 5.91 Å². The molecule has 1 aromatic rings. The molecule has 0 heterocycles. The average Bonchev–Trinajstić information content (AvgIpc) is 2.25. The molecule has 0 aliphatic heterocycles. The van der Waals surface area contributed by atoms with E-state index in [1.165, 1.54) is 0 Å². The summed E-state index contributed by atoms with van der Waals surface area (Å²) in [6.07, 6.45) is 0.160. The lowest BCUT2D eigenvalue weighted by atomic mass is 10.1. The van der Waals surface area contributed by atoms with Crippen molar-refractivity contribution in [1.82, 2.24) is 5.06 Å². The van der Waals surface area contributed by atoms with E-state index < -0.39 is 5.91 Å². The van der Waals surface area contributed by atoms with Gasteiger partial charge in [-0.2, -0.15) is 5.06 Å². The number of aryl methyl sites for hydroxylation is 1. The van der Waals surface area contributed by atoms with E-state index in [0.717, 1.165) is 10.6 Å². The lowest BCUT2D eigenvalue weighted by Gasteiger charge is -2.18. The van der Waals surface area contributed by atoms with Gasteiger partial charge in [-0.25, -0.2) is 0 Å². The number of hydrogen-bond donors (Lipinski definition) is 0. The van der Waals surface area contributed by atoms with Crippen molar-refractivity contribution < 1.29 is 14.4 Å². The van der Waals surface area contributed by atoms with Gasteiger partial charge in [0.05, 0.1) is 6.10 Å². The van der Waals surface area contributed by atoms with Crippen molar-refractivity contribution in [3.8, 4) is 0 Å². The maximum atomic E-state index is 11.9. The van der Waals surface area contributed by atoms with E-state index in [0.29, 0.717) is 12.0 Å². The first-order chi connectivity index (χ1) is 7.56. The van der Waals surface area contributed by atoms with Crippen molar-refractivity contribution in [1.29, 1.82) is 0 Å². The predicted molar refractivity (Wildman–Crippen MR) is 59.6 cm³/mol. The largest absolute Gasteiger partial charge is 0.284 e. The van der Waals surface area contributed by atoms with Crippen LogP contribution in [0.2, 0.25) is 0 Å². The highest BCUT2D eigenvalue weighted by Gasteiger charge is 2.18. The molecule has 0 aliphatic rings. The molecular formula is C12H15NO3. The van der Waals surface area contributed by atoms with E-state index in [2.05, 4.69) is 0 Å². The van der Waals surface area contributed by atoms with Crippen LogP contribution in [0.5, 0.6) is 0 Å². The molecule has 2 amide bonds. The molecule has 4 heteroatoms. The number of hydrogen-bond acceptors (Lipinski definition) is 3. The predicted octanol–water partition coefficient (Wildman–Crippen LogP) is 1.93. The van der Waals surface area contributed by atoms with Gasteiger partial charge in [-0.05, 0) is 32.4 Å². The molecule has 16 heavy (non-hydrogen) atoms. The zero-order valence-electron chi connectivity index (χ0n) is 9.64. The molecule has 0 saturated heterocycles. The van der Waals surface area contributed by atoms with Gasteiger partial charge >= 0.3 is 0 Å². The zero-order valence-corrected chi connectivity index (χ0v) is 9.64. The van der Waals surface area contributed by atoms with Gasteiger partial charge in [0.1, 0.15) is 0 Å². The highest BCUT2D eigenvalue weighted by atomic mass is 16.7. The van der Waals surface area contributed by atoms with Crippen LogP contribution in [-0.2, 0) is 9.63 Å². The van der Waals surface area contributed by atoms with Crippen molar-refractivity contribution in [3.05, 3.63) is 35.4 Å². The number of benzene rings is 1. The number of nitrogens with zero attached hydrogens (tertiary/aromatic N) is 1. The van der Waals surface area contributed by atoms with Crippen LogP contribution in [0.15, 0.2) is 24.3 Å². The number of carbonyl (C=O) groups is 2. The van der Waals surface area contributed by atoms with Crippen LogP contribution in [0.1, 0.15) is 29.8 Å². The number of amides is 2. The summed E-state index contributed by atoms with van der Waals surface area (Å²) in [4.78, 5) is 27.7. The molecule has 1 rings (SSSR count). The maximum absolute atomic E-state index is 11.9. The van der Waals surface area contributed by atoms with Gasteiger partial charge in [0.15, 0.2) is 0 Å². The van der Waals surface area contributed by atoms with E-state index in [1.807, 2.05) is 19.1 Å². The molecule has 86 valence electrons.